The van der Waals surface area contributed by atoms with Gasteiger partial charge in [0.15, 0.2) is 0 Å². The zero-order valence-corrected chi connectivity index (χ0v) is 13.3. The lowest BCUT2D eigenvalue weighted by atomic mass is 9.85. The molecule has 1 aromatic carbocycles. The Morgan fingerprint density at radius 3 is 2.68 bits per heavy atom. The number of carbonyl (C=O) groups excluding carboxylic acids is 2. The zero-order valence-electron chi connectivity index (χ0n) is 12.5. The summed E-state index contributed by atoms with van der Waals surface area (Å²) in [5, 5.41) is 5.85. The summed E-state index contributed by atoms with van der Waals surface area (Å²) in [5.74, 6) is 0.0784. The highest BCUT2D eigenvalue weighted by atomic mass is 35.5. The monoisotopic (exact) mass is 323 g/mol. The lowest BCUT2D eigenvalue weighted by molar-refractivity contribution is -0.124. The van der Waals surface area contributed by atoms with Gasteiger partial charge < -0.3 is 16.4 Å². The summed E-state index contributed by atoms with van der Waals surface area (Å²) in [5.41, 5.74) is 8.15. The van der Waals surface area contributed by atoms with Crippen LogP contribution in [0, 0.1) is 5.41 Å². The maximum Gasteiger partial charge on any atom is 0.231 e. The van der Waals surface area contributed by atoms with Crippen LogP contribution in [-0.4, -0.2) is 18.4 Å². The normalized spacial score (nSPS) is 18.9. The van der Waals surface area contributed by atoms with Crippen molar-refractivity contribution in [3.63, 3.8) is 0 Å². The first-order valence-corrected chi connectivity index (χ1v) is 7.57. The van der Waals surface area contributed by atoms with Crippen LogP contribution in [-0.2, 0) is 16.0 Å². The first-order chi connectivity index (χ1) is 10.1. The maximum absolute atomic E-state index is 12.5. The van der Waals surface area contributed by atoms with Crippen LogP contribution >= 0.6 is 12.4 Å². The van der Waals surface area contributed by atoms with Crippen molar-refractivity contribution < 1.29 is 9.59 Å². The molecule has 0 unspecified atom stereocenters. The molecule has 1 saturated carbocycles. The second-order valence-electron chi connectivity index (χ2n) is 6.07. The minimum atomic E-state index is -0.399. The average molecular weight is 324 g/mol. The number of benzene rings is 1. The third-order valence-corrected chi connectivity index (χ3v) is 4.69. The quantitative estimate of drug-likeness (QED) is 0.798. The number of halogens is 1. The summed E-state index contributed by atoms with van der Waals surface area (Å²) in [4.78, 5) is 23.9. The first-order valence-electron chi connectivity index (χ1n) is 7.57. The van der Waals surface area contributed by atoms with Crippen LogP contribution in [0.25, 0.3) is 0 Å². The number of fused-ring (bicyclic) bond motifs is 1. The third-order valence-electron chi connectivity index (χ3n) is 4.69. The fraction of sp³-hybridized carbons (Fsp3) is 0.500. The molecule has 22 heavy (non-hydrogen) atoms. The Hall–Kier alpha value is -1.59. The molecule has 0 atom stereocenters. The van der Waals surface area contributed by atoms with Gasteiger partial charge in [0.05, 0.1) is 5.41 Å². The van der Waals surface area contributed by atoms with Gasteiger partial charge in [0.1, 0.15) is 0 Å². The number of nitrogens with two attached hydrogens (primary N) is 1. The van der Waals surface area contributed by atoms with E-state index in [-0.39, 0.29) is 24.2 Å². The van der Waals surface area contributed by atoms with Crippen LogP contribution in [0.4, 0.5) is 11.4 Å². The van der Waals surface area contributed by atoms with Crippen LogP contribution < -0.4 is 16.4 Å². The molecule has 120 valence electrons. The fourth-order valence-corrected chi connectivity index (χ4v) is 3.30. The van der Waals surface area contributed by atoms with E-state index >= 15 is 0 Å². The Labute approximate surface area is 136 Å². The number of anilines is 2. The van der Waals surface area contributed by atoms with Crippen LogP contribution in [0.1, 0.15) is 37.7 Å². The molecule has 5 nitrogen and oxygen atoms in total. The molecule has 1 fully saturated rings. The highest BCUT2D eigenvalue weighted by molar-refractivity contribution is 5.97. The molecular formula is C16H22ClN3O2. The van der Waals surface area contributed by atoms with E-state index in [1.165, 1.54) is 0 Å². The fourth-order valence-electron chi connectivity index (χ4n) is 3.30. The van der Waals surface area contributed by atoms with Gasteiger partial charge in [-0.25, -0.2) is 0 Å². The van der Waals surface area contributed by atoms with Gasteiger partial charge in [-0.2, -0.15) is 0 Å². The molecule has 2 aliphatic rings. The lowest BCUT2D eigenvalue weighted by Gasteiger charge is -2.26. The Morgan fingerprint density at radius 2 is 2.00 bits per heavy atom. The van der Waals surface area contributed by atoms with Crippen LogP contribution in [0.2, 0.25) is 0 Å². The van der Waals surface area contributed by atoms with Crippen LogP contribution in [0.3, 0.4) is 0 Å². The van der Waals surface area contributed by atoms with E-state index < -0.39 is 5.41 Å². The largest absolute Gasteiger partial charge is 0.329 e. The summed E-state index contributed by atoms with van der Waals surface area (Å²) in [6.07, 6.45) is 5.10. The second-order valence-corrected chi connectivity index (χ2v) is 6.07. The number of aryl methyl sites for hydroxylation is 1. The first kappa shape index (κ1) is 16.8. The predicted octanol–water partition coefficient (Wildman–Crippen LogP) is 2.45. The molecule has 0 radical (unpaired) electrons. The highest BCUT2D eigenvalue weighted by Gasteiger charge is 2.39. The summed E-state index contributed by atoms with van der Waals surface area (Å²) >= 11 is 0. The number of hydrogen-bond acceptors (Lipinski definition) is 3. The maximum atomic E-state index is 12.5. The number of amides is 2. The van der Waals surface area contributed by atoms with Crippen molar-refractivity contribution >= 4 is 35.6 Å². The highest BCUT2D eigenvalue weighted by Crippen LogP contribution is 2.38. The molecule has 6 heteroatoms. The molecule has 1 aromatic rings. The Morgan fingerprint density at radius 1 is 1.27 bits per heavy atom. The van der Waals surface area contributed by atoms with Crippen molar-refractivity contribution in [3.05, 3.63) is 23.8 Å². The van der Waals surface area contributed by atoms with Crippen molar-refractivity contribution in [2.75, 3.05) is 17.2 Å². The second kappa shape index (κ2) is 6.67. The van der Waals surface area contributed by atoms with Crippen LogP contribution in [0.5, 0.6) is 0 Å². The van der Waals surface area contributed by atoms with Crippen molar-refractivity contribution in [2.24, 2.45) is 11.1 Å². The molecule has 0 spiro atoms. The number of hydrogen-bond donors (Lipinski definition) is 3. The topological polar surface area (TPSA) is 84.2 Å². The number of rotatable bonds is 3. The third kappa shape index (κ3) is 3.10. The molecular weight excluding hydrogens is 302 g/mol. The molecule has 0 aromatic heterocycles. The van der Waals surface area contributed by atoms with Crippen molar-refractivity contribution in [1.29, 1.82) is 0 Å². The van der Waals surface area contributed by atoms with E-state index in [1.54, 1.807) is 0 Å². The van der Waals surface area contributed by atoms with E-state index in [9.17, 15) is 9.59 Å². The van der Waals surface area contributed by atoms with Gasteiger partial charge in [-0.1, -0.05) is 12.8 Å². The van der Waals surface area contributed by atoms with Crippen molar-refractivity contribution in [3.8, 4) is 0 Å². The smallest absolute Gasteiger partial charge is 0.231 e. The number of carbonyl (C=O) groups is 2. The summed E-state index contributed by atoms with van der Waals surface area (Å²) in [7, 11) is 0. The van der Waals surface area contributed by atoms with E-state index in [2.05, 4.69) is 10.6 Å². The van der Waals surface area contributed by atoms with E-state index in [0.29, 0.717) is 19.4 Å². The number of nitrogens with one attached hydrogen (secondary N) is 2. The van der Waals surface area contributed by atoms with Gasteiger partial charge in [0.2, 0.25) is 11.8 Å². The summed E-state index contributed by atoms with van der Waals surface area (Å²) in [6.45, 7) is 0.403. The molecule has 2 amide bonds. The zero-order chi connectivity index (χ0) is 14.9. The van der Waals surface area contributed by atoms with Crippen molar-refractivity contribution in [1.82, 2.24) is 0 Å². The molecule has 1 heterocycles. The van der Waals surface area contributed by atoms with E-state index in [0.717, 1.165) is 42.6 Å². The Kier molecular flexibility index (Phi) is 5.08. The van der Waals surface area contributed by atoms with Gasteiger partial charge in [-0.3, -0.25) is 9.59 Å². The van der Waals surface area contributed by atoms with Crippen LogP contribution in [0.15, 0.2) is 18.2 Å². The summed E-state index contributed by atoms with van der Waals surface area (Å²) < 4.78 is 0. The van der Waals surface area contributed by atoms with Gasteiger partial charge >= 0.3 is 0 Å². The Bertz CT molecular complexity index is 583. The predicted molar refractivity (Wildman–Crippen MR) is 89.2 cm³/mol. The van der Waals surface area contributed by atoms with Gasteiger partial charge in [0.25, 0.3) is 0 Å². The minimum absolute atomic E-state index is 0. The molecule has 1 aliphatic heterocycles. The van der Waals surface area contributed by atoms with Gasteiger partial charge in [-0.15, -0.1) is 12.4 Å². The Balaban J connectivity index is 0.00000176. The molecule has 4 N–H and O–H groups in total. The summed E-state index contributed by atoms with van der Waals surface area (Å²) in [6, 6.07) is 5.64. The van der Waals surface area contributed by atoms with E-state index in [4.69, 9.17) is 5.73 Å². The van der Waals surface area contributed by atoms with E-state index in [1.807, 2.05) is 18.2 Å². The minimum Gasteiger partial charge on any atom is -0.329 e. The molecule has 0 bridgehead atoms. The molecule has 0 saturated heterocycles. The van der Waals surface area contributed by atoms with Crippen molar-refractivity contribution in [2.45, 2.75) is 38.5 Å². The standard InChI is InChI=1S/C16H21N3O2.ClH/c17-10-16(7-1-2-8-16)15(21)18-12-4-5-13-11(9-12)3-6-14(20)19-13;/h4-5,9H,1-3,6-8,10,17H2,(H,18,21)(H,19,20);1H. The molecule has 1 aliphatic carbocycles. The lowest BCUT2D eigenvalue weighted by Crippen LogP contribution is -2.40. The van der Waals surface area contributed by atoms with Gasteiger partial charge in [-0.05, 0) is 43.0 Å². The van der Waals surface area contributed by atoms with Gasteiger partial charge in [0, 0.05) is 24.3 Å². The molecule has 3 rings (SSSR count). The average Bonchev–Trinajstić information content (AvgIpc) is 2.97. The SMILES string of the molecule is Cl.NCC1(C(=O)Nc2ccc3c(c2)CCC(=O)N3)CCCC1.